The van der Waals surface area contributed by atoms with Gasteiger partial charge in [0.1, 0.15) is 6.26 Å². The Bertz CT molecular complexity index is 660. The van der Waals surface area contributed by atoms with Crippen LogP contribution < -0.4 is 5.32 Å². The van der Waals surface area contributed by atoms with E-state index in [1.165, 1.54) is 0 Å². The van der Waals surface area contributed by atoms with Crippen LogP contribution in [0.15, 0.2) is 46.7 Å². The van der Waals surface area contributed by atoms with Crippen molar-refractivity contribution in [3.05, 3.63) is 47.9 Å². The van der Waals surface area contributed by atoms with Gasteiger partial charge in [-0.2, -0.15) is 5.10 Å². The molecule has 0 aliphatic heterocycles. The van der Waals surface area contributed by atoms with Crippen molar-refractivity contribution < 1.29 is 4.42 Å². The molecule has 3 aromatic heterocycles. The fraction of sp³-hybridized carbons (Fsp3) is 0.333. The summed E-state index contributed by atoms with van der Waals surface area (Å²) in [5, 5.41) is 9.76. The maximum Gasteiger partial charge on any atom is 0.236 e. The van der Waals surface area contributed by atoms with Crippen molar-refractivity contribution in [1.29, 1.82) is 0 Å². The molecule has 3 heterocycles. The first-order valence-electron chi connectivity index (χ1n) is 6.95. The average Bonchev–Trinajstić information content (AvgIpc) is 3.25. The van der Waals surface area contributed by atoms with E-state index in [1.807, 2.05) is 34.5 Å². The Morgan fingerprint density at radius 1 is 1.38 bits per heavy atom. The van der Waals surface area contributed by atoms with Gasteiger partial charge in [0.2, 0.25) is 5.89 Å². The second-order valence-electron chi connectivity index (χ2n) is 5.02. The van der Waals surface area contributed by atoms with Gasteiger partial charge in [-0.25, -0.2) is 4.98 Å². The molecular weight excluding hydrogens is 284 g/mol. The molecule has 0 bridgehead atoms. The van der Waals surface area contributed by atoms with E-state index < -0.39 is 0 Å². The summed E-state index contributed by atoms with van der Waals surface area (Å²) in [4.78, 5) is 5.56. The van der Waals surface area contributed by atoms with Gasteiger partial charge in [0.15, 0.2) is 0 Å². The minimum absolute atomic E-state index is 0.281. The molecule has 1 N–H and O–H groups in total. The van der Waals surface area contributed by atoms with E-state index in [0.717, 1.165) is 10.6 Å². The lowest BCUT2D eigenvalue weighted by Crippen LogP contribution is -2.33. The third-order valence-corrected chi connectivity index (χ3v) is 4.41. The molecule has 3 aromatic rings. The number of hydrogen-bond donors (Lipinski definition) is 1. The fourth-order valence-electron chi connectivity index (χ4n) is 2.09. The van der Waals surface area contributed by atoms with Crippen molar-refractivity contribution in [2.45, 2.75) is 32.5 Å². The largest absolute Gasteiger partial charge is 0.444 e. The molecule has 6 heteroatoms. The van der Waals surface area contributed by atoms with E-state index in [2.05, 4.69) is 29.2 Å². The molecule has 2 atom stereocenters. The number of nitrogens with zero attached hydrogens (tertiary/aromatic N) is 3. The second kappa shape index (κ2) is 6.24. The SMILES string of the molecule is C[C@H](NCc1coc(-c2cccs2)n1)[C@H](C)n1cccn1. The lowest BCUT2D eigenvalue weighted by Gasteiger charge is -2.21. The molecule has 0 aromatic carbocycles. The van der Waals surface area contributed by atoms with Crippen molar-refractivity contribution in [2.24, 2.45) is 0 Å². The number of nitrogens with one attached hydrogen (secondary N) is 1. The molecule has 21 heavy (non-hydrogen) atoms. The molecular formula is C15H18N4OS. The van der Waals surface area contributed by atoms with Crippen LogP contribution in [-0.2, 0) is 6.54 Å². The third-order valence-electron chi connectivity index (χ3n) is 3.55. The van der Waals surface area contributed by atoms with Gasteiger partial charge in [-0.05, 0) is 31.4 Å². The molecule has 0 unspecified atom stereocenters. The normalized spacial score (nSPS) is 14.2. The topological polar surface area (TPSA) is 55.9 Å². The minimum Gasteiger partial charge on any atom is -0.444 e. The van der Waals surface area contributed by atoms with E-state index in [4.69, 9.17) is 4.42 Å². The van der Waals surface area contributed by atoms with E-state index in [1.54, 1.807) is 23.8 Å². The standard InChI is InChI=1S/C15H18N4OS/c1-11(12(2)19-7-4-6-17-19)16-9-13-10-20-15(18-13)14-5-3-8-21-14/h3-8,10-12,16H,9H2,1-2H3/t11-,12-/m0/s1. The Balaban J connectivity index is 1.58. The molecule has 5 nitrogen and oxygen atoms in total. The molecule has 3 rings (SSSR count). The van der Waals surface area contributed by atoms with Gasteiger partial charge < -0.3 is 9.73 Å². The summed E-state index contributed by atoms with van der Waals surface area (Å²) in [5.74, 6) is 0.689. The van der Waals surface area contributed by atoms with Crippen LogP contribution in [0.1, 0.15) is 25.6 Å². The highest BCUT2D eigenvalue weighted by molar-refractivity contribution is 7.13. The summed E-state index contributed by atoms with van der Waals surface area (Å²) < 4.78 is 7.47. The monoisotopic (exact) mass is 302 g/mol. The predicted molar refractivity (Wildman–Crippen MR) is 83.1 cm³/mol. The molecule has 110 valence electrons. The smallest absolute Gasteiger partial charge is 0.236 e. The van der Waals surface area contributed by atoms with Crippen molar-refractivity contribution >= 4 is 11.3 Å². The molecule has 0 aliphatic carbocycles. The first kappa shape index (κ1) is 14.0. The molecule has 0 aliphatic rings. The Morgan fingerprint density at radius 2 is 2.29 bits per heavy atom. The number of thiophene rings is 1. The van der Waals surface area contributed by atoms with Gasteiger partial charge in [0.25, 0.3) is 0 Å². The second-order valence-corrected chi connectivity index (χ2v) is 5.97. The fourth-order valence-corrected chi connectivity index (χ4v) is 2.74. The van der Waals surface area contributed by atoms with Gasteiger partial charge in [-0.15, -0.1) is 11.3 Å². The van der Waals surface area contributed by atoms with Gasteiger partial charge in [-0.1, -0.05) is 6.07 Å². The molecule has 0 amide bonds. The summed E-state index contributed by atoms with van der Waals surface area (Å²) in [6.45, 7) is 4.97. The Kier molecular flexibility index (Phi) is 4.17. The predicted octanol–water partition coefficient (Wildman–Crippen LogP) is 3.34. The first-order chi connectivity index (χ1) is 10.2. The zero-order chi connectivity index (χ0) is 14.7. The maximum absolute atomic E-state index is 5.52. The Labute approximate surface area is 127 Å². The van der Waals surface area contributed by atoms with Crippen LogP contribution in [0.3, 0.4) is 0 Å². The van der Waals surface area contributed by atoms with Crippen LogP contribution in [-0.4, -0.2) is 20.8 Å². The number of aromatic nitrogens is 3. The summed E-state index contributed by atoms with van der Waals surface area (Å²) in [6, 6.07) is 6.51. The van der Waals surface area contributed by atoms with Crippen molar-refractivity contribution in [3.8, 4) is 10.8 Å². The number of hydrogen-bond acceptors (Lipinski definition) is 5. The Hall–Kier alpha value is -1.92. The van der Waals surface area contributed by atoms with Gasteiger partial charge in [0.05, 0.1) is 16.6 Å². The zero-order valence-electron chi connectivity index (χ0n) is 12.1. The Morgan fingerprint density at radius 3 is 3.00 bits per heavy atom. The molecule has 0 fully saturated rings. The van der Waals surface area contributed by atoms with E-state index in [-0.39, 0.29) is 12.1 Å². The lowest BCUT2D eigenvalue weighted by atomic mass is 10.2. The molecule has 0 saturated heterocycles. The summed E-state index contributed by atoms with van der Waals surface area (Å²) in [6.07, 6.45) is 5.50. The molecule has 0 radical (unpaired) electrons. The van der Waals surface area contributed by atoms with Crippen LogP contribution in [0.4, 0.5) is 0 Å². The third kappa shape index (κ3) is 3.22. The van der Waals surface area contributed by atoms with E-state index in [9.17, 15) is 0 Å². The van der Waals surface area contributed by atoms with Crippen molar-refractivity contribution in [1.82, 2.24) is 20.1 Å². The first-order valence-corrected chi connectivity index (χ1v) is 7.83. The highest BCUT2D eigenvalue weighted by Crippen LogP contribution is 2.23. The summed E-state index contributed by atoms with van der Waals surface area (Å²) in [5.41, 5.74) is 0.915. The maximum atomic E-state index is 5.52. The van der Waals surface area contributed by atoms with E-state index in [0.29, 0.717) is 12.4 Å². The number of rotatable bonds is 6. The highest BCUT2D eigenvalue weighted by Gasteiger charge is 2.14. The van der Waals surface area contributed by atoms with Crippen LogP contribution in [0.2, 0.25) is 0 Å². The van der Waals surface area contributed by atoms with Gasteiger partial charge in [-0.3, -0.25) is 4.68 Å². The quantitative estimate of drug-likeness (QED) is 0.759. The van der Waals surface area contributed by atoms with Crippen LogP contribution >= 0.6 is 11.3 Å². The van der Waals surface area contributed by atoms with Crippen LogP contribution in [0, 0.1) is 0 Å². The average molecular weight is 302 g/mol. The van der Waals surface area contributed by atoms with Gasteiger partial charge >= 0.3 is 0 Å². The number of oxazole rings is 1. The highest BCUT2D eigenvalue weighted by atomic mass is 32.1. The summed E-state index contributed by atoms with van der Waals surface area (Å²) in [7, 11) is 0. The van der Waals surface area contributed by atoms with E-state index >= 15 is 0 Å². The van der Waals surface area contributed by atoms with Crippen molar-refractivity contribution in [3.63, 3.8) is 0 Å². The molecule has 0 spiro atoms. The van der Waals surface area contributed by atoms with Crippen LogP contribution in [0.25, 0.3) is 10.8 Å². The minimum atomic E-state index is 0.281. The van der Waals surface area contributed by atoms with Gasteiger partial charge in [0, 0.05) is 25.0 Å². The zero-order valence-corrected chi connectivity index (χ0v) is 12.9. The van der Waals surface area contributed by atoms with Crippen molar-refractivity contribution in [2.75, 3.05) is 0 Å². The lowest BCUT2D eigenvalue weighted by molar-refractivity contribution is 0.363. The van der Waals surface area contributed by atoms with Crippen LogP contribution in [0.5, 0.6) is 0 Å². The summed E-state index contributed by atoms with van der Waals surface area (Å²) >= 11 is 1.63. The molecule has 0 saturated carbocycles.